The fourth-order valence-corrected chi connectivity index (χ4v) is 2.26. The molecule has 0 amide bonds. The maximum Gasteiger partial charge on any atom is 0.227 e. The Kier molecular flexibility index (Phi) is 2.76. The molecule has 18 heavy (non-hydrogen) atoms. The Morgan fingerprint density at radius 1 is 1.17 bits per heavy atom. The van der Waals surface area contributed by atoms with Gasteiger partial charge in [-0.2, -0.15) is 0 Å². The number of aromatic nitrogens is 1. The predicted molar refractivity (Wildman–Crippen MR) is 77.2 cm³/mol. The van der Waals surface area contributed by atoms with Gasteiger partial charge < -0.3 is 4.42 Å². The van der Waals surface area contributed by atoms with E-state index < -0.39 is 0 Å². The van der Waals surface area contributed by atoms with Crippen LogP contribution in [0.1, 0.15) is 5.56 Å². The van der Waals surface area contributed by atoms with E-state index >= 15 is 0 Å². The molecule has 3 heteroatoms. The van der Waals surface area contributed by atoms with Gasteiger partial charge >= 0.3 is 0 Å². The van der Waals surface area contributed by atoms with Crippen LogP contribution >= 0.6 is 15.9 Å². The van der Waals surface area contributed by atoms with E-state index in [1.54, 1.807) is 6.08 Å². The van der Waals surface area contributed by atoms with Gasteiger partial charge in [0, 0.05) is 10.0 Å². The minimum atomic E-state index is 0.624. The summed E-state index contributed by atoms with van der Waals surface area (Å²) >= 11 is 3.45. The molecule has 0 aliphatic carbocycles. The van der Waals surface area contributed by atoms with Crippen LogP contribution in [0, 0.1) is 0 Å². The molecule has 0 spiro atoms. The molecule has 0 fully saturated rings. The zero-order valence-corrected chi connectivity index (χ0v) is 11.1. The van der Waals surface area contributed by atoms with Crippen molar-refractivity contribution in [2.45, 2.75) is 0 Å². The van der Waals surface area contributed by atoms with Gasteiger partial charge in [-0.3, -0.25) is 0 Å². The van der Waals surface area contributed by atoms with Crippen molar-refractivity contribution < 1.29 is 4.42 Å². The Bertz CT molecular complexity index is 697. The van der Waals surface area contributed by atoms with E-state index in [0.29, 0.717) is 5.89 Å². The average molecular weight is 300 g/mol. The Morgan fingerprint density at radius 2 is 2.00 bits per heavy atom. The largest absolute Gasteiger partial charge is 0.436 e. The normalized spacial score (nSPS) is 10.7. The van der Waals surface area contributed by atoms with Crippen LogP contribution in [0.2, 0.25) is 0 Å². The van der Waals surface area contributed by atoms with Crippen LogP contribution in [-0.2, 0) is 0 Å². The molecule has 0 unspecified atom stereocenters. The molecule has 0 aliphatic rings. The topological polar surface area (TPSA) is 26.0 Å². The molecule has 0 radical (unpaired) electrons. The van der Waals surface area contributed by atoms with E-state index in [1.807, 2.05) is 42.5 Å². The molecule has 1 aromatic heterocycles. The molecule has 88 valence electrons. The van der Waals surface area contributed by atoms with Gasteiger partial charge in [-0.15, -0.1) is 0 Å². The van der Waals surface area contributed by atoms with Crippen LogP contribution in [0.15, 0.2) is 57.9 Å². The molecule has 0 bridgehead atoms. The van der Waals surface area contributed by atoms with Crippen molar-refractivity contribution in [2.24, 2.45) is 0 Å². The van der Waals surface area contributed by atoms with Crippen LogP contribution in [-0.4, -0.2) is 4.98 Å². The van der Waals surface area contributed by atoms with Crippen molar-refractivity contribution in [3.8, 4) is 11.5 Å². The lowest BCUT2D eigenvalue weighted by atomic mass is 10.1. The number of oxazole rings is 1. The minimum absolute atomic E-state index is 0.624. The fourth-order valence-electron chi connectivity index (χ4n) is 1.88. The first-order valence-electron chi connectivity index (χ1n) is 5.56. The summed E-state index contributed by atoms with van der Waals surface area (Å²) in [7, 11) is 0. The summed E-state index contributed by atoms with van der Waals surface area (Å²) in [6.45, 7) is 3.82. The summed E-state index contributed by atoms with van der Waals surface area (Å²) in [5.41, 5.74) is 3.61. The van der Waals surface area contributed by atoms with E-state index in [0.717, 1.165) is 26.7 Å². The molecule has 3 aromatic rings. The second-order valence-electron chi connectivity index (χ2n) is 3.92. The van der Waals surface area contributed by atoms with Gasteiger partial charge in [-0.05, 0) is 35.9 Å². The summed E-state index contributed by atoms with van der Waals surface area (Å²) in [5, 5.41) is 0. The maximum absolute atomic E-state index is 5.76. The van der Waals surface area contributed by atoms with Gasteiger partial charge in [0.25, 0.3) is 0 Å². The number of para-hydroxylation sites is 2. The van der Waals surface area contributed by atoms with Gasteiger partial charge in [0.15, 0.2) is 5.58 Å². The molecule has 2 nitrogen and oxygen atoms in total. The molecule has 3 rings (SSSR count). The highest BCUT2D eigenvalue weighted by molar-refractivity contribution is 9.10. The van der Waals surface area contributed by atoms with Crippen molar-refractivity contribution in [2.75, 3.05) is 0 Å². The molecule has 0 aliphatic heterocycles. The van der Waals surface area contributed by atoms with Crippen molar-refractivity contribution in [3.05, 3.63) is 59.1 Å². The minimum Gasteiger partial charge on any atom is -0.436 e. The summed E-state index contributed by atoms with van der Waals surface area (Å²) < 4.78 is 6.77. The molecule has 1 heterocycles. The first kappa shape index (κ1) is 11.2. The molecule has 0 N–H and O–H groups in total. The monoisotopic (exact) mass is 299 g/mol. The average Bonchev–Trinajstić information content (AvgIpc) is 2.82. The lowest BCUT2D eigenvalue weighted by Gasteiger charge is -2.02. The van der Waals surface area contributed by atoms with Gasteiger partial charge in [0.2, 0.25) is 5.89 Å². The van der Waals surface area contributed by atoms with E-state index in [1.165, 1.54) is 0 Å². The standard InChI is InChI=1S/C15H10BrNO/c1-2-10-9-11(16)7-8-12(10)15-17-13-5-3-4-6-14(13)18-15/h2-9H,1H2. The highest BCUT2D eigenvalue weighted by Gasteiger charge is 2.10. The number of hydrogen-bond donors (Lipinski definition) is 0. The van der Waals surface area contributed by atoms with Crippen molar-refractivity contribution in [1.29, 1.82) is 0 Å². The third-order valence-corrected chi connectivity index (χ3v) is 3.25. The van der Waals surface area contributed by atoms with Crippen LogP contribution in [0.5, 0.6) is 0 Å². The number of rotatable bonds is 2. The van der Waals surface area contributed by atoms with Gasteiger partial charge in [-0.25, -0.2) is 4.98 Å². The summed E-state index contributed by atoms with van der Waals surface area (Å²) in [5.74, 6) is 0.624. The Balaban J connectivity index is 2.22. The Labute approximate surface area is 113 Å². The second kappa shape index (κ2) is 4.42. The lowest BCUT2D eigenvalue weighted by Crippen LogP contribution is -1.83. The third kappa shape index (κ3) is 1.87. The number of benzene rings is 2. The first-order valence-corrected chi connectivity index (χ1v) is 6.35. The SMILES string of the molecule is C=Cc1cc(Br)ccc1-c1nc2ccccc2o1. The van der Waals surface area contributed by atoms with E-state index in [-0.39, 0.29) is 0 Å². The Morgan fingerprint density at radius 3 is 2.78 bits per heavy atom. The van der Waals surface area contributed by atoms with E-state index in [4.69, 9.17) is 4.42 Å². The van der Waals surface area contributed by atoms with Crippen molar-refractivity contribution in [1.82, 2.24) is 4.98 Å². The lowest BCUT2D eigenvalue weighted by molar-refractivity contribution is 0.619. The summed E-state index contributed by atoms with van der Waals surface area (Å²) in [4.78, 5) is 4.49. The number of halogens is 1. The van der Waals surface area contributed by atoms with E-state index in [2.05, 4.69) is 27.5 Å². The predicted octanol–water partition coefficient (Wildman–Crippen LogP) is 4.90. The van der Waals surface area contributed by atoms with Crippen LogP contribution < -0.4 is 0 Å². The number of nitrogens with zero attached hydrogens (tertiary/aromatic N) is 1. The number of fused-ring (bicyclic) bond motifs is 1. The van der Waals surface area contributed by atoms with E-state index in [9.17, 15) is 0 Å². The second-order valence-corrected chi connectivity index (χ2v) is 4.84. The highest BCUT2D eigenvalue weighted by atomic mass is 79.9. The molecular weight excluding hydrogens is 290 g/mol. The molecular formula is C15H10BrNO. The maximum atomic E-state index is 5.76. The molecule has 0 saturated carbocycles. The highest BCUT2D eigenvalue weighted by Crippen LogP contribution is 2.29. The van der Waals surface area contributed by atoms with Gasteiger partial charge in [0.05, 0.1) is 0 Å². The zero-order chi connectivity index (χ0) is 12.5. The molecule has 2 aromatic carbocycles. The number of hydrogen-bond acceptors (Lipinski definition) is 2. The molecule has 0 saturated heterocycles. The van der Waals surface area contributed by atoms with Crippen LogP contribution in [0.4, 0.5) is 0 Å². The fraction of sp³-hybridized carbons (Fsp3) is 0. The van der Waals surface area contributed by atoms with Crippen LogP contribution in [0.25, 0.3) is 28.6 Å². The smallest absolute Gasteiger partial charge is 0.227 e. The Hall–Kier alpha value is -1.87. The summed E-state index contributed by atoms with van der Waals surface area (Å²) in [6, 6.07) is 13.7. The molecule has 0 atom stereocenters. The quantitative estimate of drug-likeness (QED) is 0.672. The van der Waals surface area contributed by atoms with Crippen molar-refractivity contribution in [3.63, 3.8) is 0 Å². The van der Waals surface area contributed by atoms with Gasteiger partial charge in [0.1, 0.15) is 5.52 Å². The third-order valence-electron chi connectivity index (χ3n) is 2.76. The first-order chi connectivity index (χ1) is 8.78. The zero-order valence-electron chi connectivity index (χ0n) is 9.56. The van der Waals surface area contributed by atoms with Gasteiger partial charge in [-0.1, -0.05) is 40.7 Å². The van der Waals surface area contributed by atoms with Crippen molar-refractivity contribution >= 4 is 33.1 Å². The summed E-state index contributed by atoms with van der Waals surface area (Å²) in [6.07, 6.45) is 1.80. The van der Waals surface area contributed by atoms with Crippen LogP contribution in [0.3, 0.4) is 0 Å².